The SMILES string of the molecule is Cc1cc(S(N)(=O)=O)sc1C(=O)N1CCC12COC2. The lowest BCUT2D eigenvalue weighted by molar-refractivity contribution is -0.172. The summed E-state index contributed by atoms with van der Waals surface area (Å²) in [7, 11) is -3.75. The lowest BCUT2D eigenvalue weighted by Gasteiger charge is -2.57. The molecule has 2 aliphatic rings. The summed E-state index contributed by atoms with van der Waals surface area (Å²) in [6, 6.07) is 1.46. The van der Waals surface area contributed by atoms with E-state index in [4.69, 9.17) is 9.88 Å². The second kappa shape index (κ2) is 4.02. The van der Waals surface area contributed by atoms with Crippen LogP contribution in [0.4, 0.5) is 0 Å². The van der Waals surface area contributed by atoms with Crippen LogP contribution in [-0.2, 0) is 14.8 Å². The van der Waals surface area contributed by atoms with Crippen molar-refractivity contribution in [3.8, 4) is 0 Å². The molecular weight excluding hydrogens is 288 g/mol. The zero-order valence-electron chi connectivity index (χ0n) is 10.4. The van der Waals surface area contributed by atoms with Crippen LogP contribution in [0.15, 0.2) is 10.3 Å². The minimum absolute atomic E-state index is 0.0350. The number of likely N-dealkylation sites (tertiary alicyclic amines) is 1. The second-order valence-corrected chi connectivity index (χ2v) is 7.89. The van der Waals surface area contributed by atoms with Crippen molar-refractivity contribution in [3.05, 3.63) is 16.5 Å². The molecule has 0 aromatic carbocycles. The van der Waals surface area contributed by atoms with E-state index in [2.05, 4.69) is 0 Å². The first-order chi connectivity index (χ1) is 8.83. The molecule has 1 aromatic heterocycles. The Labute approximate surface area is 115 Å². The van der Waals surface area contributed by atoms with Gasteiger partial charge < -0.3 is 9.64 Å². The van der Waals surface area contributed by atoms with Crippen molar-refractivity contribution in [2.45, 2.75) is 23.1 Å². The predicted molar refractivity (Wildman–Crippen MR) is 69.6 cm³/mol. The summed E-state index contributed by atoms with van der Waals surface area (Å²) in [5, 5.41) is 5.09. The van der Waals surface area contributed by atoms with Gasteiger partial charge in [0.2, 0.25) is 10.0 Å². The highest BCUT2D eigenvalue weighted by Crippen LogP contribution is 2.39. The number of hydrogen-bond acceptors (Lipinski definition) is 5. The molecule has 1 aromatic rings. The number of rotatable bonds is 2. The molecule has 0 unspecified atom stereocenters. The van der Waals surface area contributed by atoms with E-state index < -0.39 is 10.0 Å². The third-order valence-electron chi connectivity index (χ3n) is 3.73. The van der Waals surface area contributed by atoms with Gasteiger partial charge in [0.05, 0.1) is 23.6 Å². The highest BCUT2D eigenvalue weighted by molar-refractivity contribution is 7.91. The van der Waals surface area contributed by atoms with Gasteiger partial charge in [0.1, 0.15) is 4.21 Å². The quantitative estimate of drug-likeness (QED) is 0.852. The van der Waals surface area contributed by atoms with Gasteiger partial charge in [0.25, 0.3) is 5.91 Å². The van der Waals surface area contributed by atoms with E-state index in [1.54, 1.807) is 11.8 Å². The van der Waals surface area contributed by atoms with Crippen molar-refractivity contribution in [2.24, 2.45) is 5.14 Å². The molecule has 3 heterocycles. The predicted octanol–water partition coefficient (Wildman–Crippen LogP) is 0.319. The van der Waals surface area contributed by atoms with Crippen LogP contribution in [0.1, 0.15) is 21.7 Å². The number of hydrogen-bond donors (Lipinski definition) is 1. The summed E-state index contributed by atoms with van der Waals surface area (Å²) < 4.78 is 27.8. The second-order valence-electron chi connectivity index (χ2n) is 5.05. The van der Waals surface area contributed by atoms with E-state index in [1.165, 1.54) is 6.07 Å². The van der Waals surface area contributed by atoms with Gasteiger partial charge >= 0.3 is 0 Å². The van der Waals surface area contributed by atoms with Gasteiger partial charge in [-0.3, -0.25) is 4.79 Å². The van der Waals surface area contributed by atoms with Gasteiger partial charge in [0.15, 0.2) is 0 Å². The number of thiophene rings is 1. The fourth-order valence-corrected chi connectivity index (χ4v) is 4.33. The molecule has 2 fully saturated rings. The molecule has 6 nitrogen and oxygen atoms in total. The van der Waals surface area contributed by atoms with E-state index in [0.717, 1.165) is 17.8 Å². The molecular formula is C11H14N2O4S2. The van der Waals surface area contributed by atoms with Crippen LogP contribution < -0.4 is 5.14 Å². The van der Waals surface area contributed by atoms with Gasteiger partial charge in [-0.1, -0.05) is 0 Å². The van der Waals surface area contributed by atoms with Crippen molar-refractivity contribution in [3.63, 3.8) is 0 Å². The van der Waals surface area contributed by atoms with E-state index >= 15 is 0 Å². The zero-order valence-corrected chi connectivity index (χ0v) is 12.0. The molecule has 19 heavy (non-hydrogen) atoms. The molecule has 8 heteroatoms. The molecule has 1 amide bonds. The summed E-state index contributed by atoms with van der Waals surface area (Å²) in [5.41, 5.74) is 0.510. The summed E-state index contributed by atoms with van der Waals surface area (Å²) in [5.74, 6) is -0.119. The van der Waals surface area contributed by atoms with E-state index in [-0.39, 0.29) is 15.7 Å². The number of nitrogens with zero attached hydrogens (tertiary/aromatic N) is 1. The van der Waals surface area contributed by atoms with E-state index in [9.17, 15) is 13.2 Å². The molecule has 0 saturated carbocycles. The number of ether oxygens (including phenoxy) is 1. The fraction of sp³-hybridized carbons (Fsp3) is 0.545. The Balaban J connectivity index is 1.90. The topological polar surface area (TPSA) is 89.7 Å². The number of carbonyl (C=O) groups excluding carboxylic acids is 1. The van der Waals surface area contributed by atoms with Crippen molar-refractivity contribution in [1.29, 1.82) is 0 Å². The molecule has 1 spiro atoms. The number of aryl methyl sites for hydroxylation is 1. The highest BCUT2D eigenvalue weighted by Gasteiger charge is 2.53. The third kappa shape index (κ3) is 1.90. The first-order valence-corrected chi connectivity index (χ1v) is 8.23. The van der Waals surface area contributed by atoms with Gasteiger partial charge in [-0.05, 0) is 25.0 Å². The van der Waals surface area contributed by atoms with Crippen LogP contribution in [0, 0.1) is 6.92 Å². The molecule has 0 bridgehead atoms. The van der Waals surface area contributed by atoms with Crippen molar-refractivity contribution in [1.82, 2.24) is 4.90 Å². The van der Waals surface area contributed by atoms with Crippen LogP contribution in [0.2, 0.25) is 0 Å². The maximum atomic E-state index is 12.4. The zero-order chi connectivity index (χ0) is 13.8. The van der Waals surface area contributed by atoms with Crippen LogP contribution in [0.3, 0.4) is 0 Å². The molecule has 0 radical (unpaired) electrons. The van der Waals surface area contributed by atoms with Crippen molar-refractivity contribution in [2.75, 3.05) is 19.8 Å². The number of sulfonamides is 1. The number of amides is 1. The van der Waals surface area contributed by atoms with Gasteiger partial charge in [-0.2, -0.15) is 0 Å². The van der Waals surface area contributed by atoms with Crippen molar-refractivity contribution < 1.29 is 17.9 Å². The Morgan fingerprint density at radius 2 is 2.21 bits per heavy atom. The smallest absolute Gasteiger partial charge is 0.264 e. The fourth-order valence-electron chi connectivity index (χ4n) is 2.42. The Kier molecular flexibility index (Phi) is 2.76. The molecule has 3 rings (SSSR count). The Morgan fingerprint density at radius 1 is 1.53 bits per heavy atom. The summed E-state index contributed by atoms with van der Waals surface area (Å²) in [6.07, 6.45) is 0.950. The van der Waals surface area contributed by atoms with E-state index in [0.29, 0.717) is 30.2 Å². The normalized spacial score (nSPS) is 21.1. The average molecular weight is 302 g/mol. The third-order valence-corrected chi connectivity index (χ3v) is 6.38. The van der Waals surface area contributed by atoms with Crippen LogP contribution in [0.25, 0.3) is 0 Å². The summed E-state index contributed by atoms with van der Waals surface area (Å²) in [4.78, 5) is 14.7. The molecule has 2 N–H and O–H groups in total. The van der Waals surface area contributed by atoms with Gasteiger partial charge in [-0.25, -0.2) is 13.6 Å². The number of primary sulfonamides is 1. The molecule has 2 saturated heterocycles. The molecule has 104 valence electrons. The lowest BCUT2D eigenvalue weighted by Crippen LogP contribution is -2.72. The molecule has 2 aliphatic heterocycles. The van der Waals surface area contributed by atoms with Crippen LogP contribution >= 0.6 is 11.3 Å². The molecule has 0 atom stereocenters. The maximum Gasteiger partial charge on any atom is 0.264 e. The van der Waals surface area contributed by atoms with E-state index in [1.807, 2.05) is 0 Å². The Morgan fingerprint density at radius 3 is 2.58 bits per heavy atom. The maximum absolute atomic E-state index is 12.4. The minimum Gasteiger partial charge on any atom is -0.376 e. The average Bonchev–Trinajstić information content (AvgIpc) is 2.55. The standard InChI is InChI=1S/C11H14N2O4S2/c1-7-4-8(19(12,15)16)18-9(7)10(14)13-3-2-11(13)5-17-6-11/h4H,2-3,5-6H2,1H3,(H2,12,15,16). The first-order valence-electron chi connectivity index (χ1n) is 5.86. The Bertz CT molecular complexity index is 640. The first kappa shape index (κ1) is 13.0. The monoisotopic (exact) mass is 302 g/mol. The van der Waals surface area contributed by atoms with Crippen LogP contribution in [-0.4, -0.2) is 44.5 Å². The Hall–Kier alpha value is -0.960. The summed E-state index contributed by atoms with van der Waals surface area (Å²) in [6.45, 7) is 3.57. The van der Waals surface area contributed by atoms with Crippen LogP contribution in [0.5, 0.6) is 0 Å². The van der Waals surface area contributed by atoms with Gasteiger partial charge in [-0.15, -0.1) is 11.3 Å². The summed E-state index contributed by atoms with van der Waals surface area (Å²) >= 11 is 0.942. The molecule has 0 aliphatic carbocycles. The van der Waals surface area contributed by atoms with Crippen molar-refractivity contribution >= 4 is 27.3 Å². The number of carbonyl (C=O) groups is 1. The minimum atomic E-state index is -3.75. The number of nitrogens with two attached hydrogens (primary N) is 1. The highest BCUT2D eigenvalue weighted by atomic mass is 32.2. The lowest BCUT2D eigenvalue weighted by atomic mass is 9.82. The largest absolute Gasteiger partial charge is 0.376 e. The van der Waals surface area contributed by atoms with Gasteiger partial charge in [0, 0.05) is 6.54 Å².